The molecule has 0 bridgehead atoms. The van der Waals surface area contributed by atoms with Gasteiger partial charge in [-0.1, -0.05) is 12.1 Å². The molecule has 4 aromatic heterocycles. The van der Waals surface area contributed by atoms with Gasteiger partial charge in [-0.25, -0.2) is 4.98 Å². The Kier molecular flexibility index (Phi) is 5.92. The number of benzene rings is 1. The molecule has 1 amide bonds. The van der Waals surface area contributed by atoms with Gasteiger partial charge in [0.15, 0.2) is 11.5 Å². The van der Waals surface area contributed by atoms with Crippen LogP contribution in [0.1, 0.15) is 17.0 Å². The Bertz CT molecular complexity index is 1530. The van der Waals surface area contributed by atoms with Crippen LogP contribution in [0.2, 0.25) is 0 Å². The van der Waals surface area contributed by atoms with Crippen LogP contribution in [0.4, 0.5) is 5.69 Å². The van der Waals surface area contributed by atoms with Crippen molar-refractivity contribution in [2.75, 3.05) is 19.5 Å². The standard InChI is InChI=1S/C25H24N8O2/c1-16-4-5-17(10-18(16)14-32(2)15-34)20-6-7-23-29-30-24(33(23)31-20)13-27-21-8-9-26-22-11-19(35-3)12-28-25(21)22/h4-12,15H,13-14H2,1-3H3,(H,26,27). The van der Waals surface area contributed by atoms with E-state index in [0.29, 0.717) is 30.3 Å². The molecule has 0 aliphatic heterocycles. The van der Waals surface area contributed by atoms with Gasteiger partial charge in [-0.2, -0.15) is 9.61 Å². The van der Waals surface area contributed by atoms with Crippen LogP contribution in [0.3, 0.4) is 0 Å². The number of methoxy groups -OCH3 is 1. The van der Waals surface area contributed by atoms with E-state index in [2.05, 4.69) is 31.5 Å². The molecule has 0 aliphatic carbocycles. The lowest BCUT2D eigenvalue weighted by molar-refractivity contribution is -0.117. The van der Waals surface area contributed by atoms with E-state index < -0.39 is 0 Å². The first-order valence-corrected chi connectivity index (χ1v) is 11.0. The molecule has 5 aromatic rings. The Balaban J connectivity index is 1.43. The molecule has 0 fully saturated rings. The third kappa shape index (κ3) is 4.45. The summed E-state index contributed by atoms with van der Waals surface area (Å²) in [6.45, 7) is 2.96. The van der Waals surface area contributed by atoms with E-state index in [0.717, 1.165) is 45.5 Å². The van der Waals surface area contributed by atoms with Crippen LogP contribution in [0.5, 0.6) is 5.75 Å². The number of amides is 1. The van der Waals surface area contributed by atoms with Crippen molar-refractivity contribution in [1.29, 1.82) is 0 Å². The van der Waals surface area contributed by atoms with Crippen molar-refractivity contribution in [3.63, 3.8) is 0 Å². The number of hydrogen-bond acceptors (Lipinski definition) is 8. The molecule has 0 spiro atoms. The maximum absolute atomic E-state index is 11.1. The molecule has 1 aromatic carbocycles. The Morgan fingerprint density at radius 1 is 1.11 bits per heavy atom. The van der Waals surface area contributed by atoms with E-state index in [1.807, 2.05) is 43.3 Å². The van der Waals surface area contributed by atoms with E-state index >= 15 is 0 Å². The van der Waals surface area contributed by atoms with Crippen LogP contribution < -0.4 is 10.1 Å². The van der Waals surface area contributed by atoms with Crippen molar-refractivity contribution in [3.05, 3.63) is 71.8 Å². The van der Waals surface area contributed by atoms with Gasteiger partial charge in [-0.3, -0.25) is 9.78 Å². The van der Waals surface area contributed by atoms with Gasteiger partial charge in [0.25, 0.3) is 0 Å². The second-order valence-electron chi connectivity index (χ2n) is 8.22. The number of pyridine rings is 2. The number of ether oxygens (including phenoxy) is 1. The predicted molar refractivity (Wildman–Crippen MR) is 132 cm³/mol. The highest BCUT2D eigenvalue weighted by molar-refractivity contribution is 5.87. The maximum atomic E-state index is 11.1. The fourth-order valence-electron chi connectivity index (χ4n) is 3.84. The van der Waals surface area contributed by atoms with Crippen LogP contribution in [0.25, 0.3) is 27.9 Å². The maximum Gasteiger partial charge on any atom is 0.209 e. The first-order chi connectivity index (χ1) is 17.1. The summed E-state index contributed by atoms with van der Waals surface area (Å²) in [5.41, 5.74) is 6.88. The molecule has 0 unspecified atom stereocenters. The quantitative estimate of drug-likeness (QED) is 0.346. The summed E-state index contributed by atoms with van der Waals surface area (Å²) in [4.78, 5) is 21.5. The minimum Gasteiger partial charge on any atom is -0.495 e. The molecule has 4 heterocycles. The highest BCUT2D eigenvalue weighted by Gasteiger charge is 2.12. The zero-order valence-electron chi connectivity index (χ0n) is 19.6. The number of aromatic nitrogens is 6. The molecule has 0 saturated carbocycles. The van der Waals surface area contributed by atoms with Gasteiger partial charge in [0, 0.05) is 31.4 Å². The first kappa shape index (κ1) is 22.2. The largest absolute Gasteiger partial charge is 0.495 e. The number of rotatable bonds is 8. The molecule has 0 radical (unpaired) electrons. The molecule has 0 saturated heterocycles. The summed E-state index contributed by atoms with van der Waals surface area (Å²) < 4.78 is 6.98. The van der Waals surface area contributed by atoms with Crippen LogP contribution in [-0.2, 0) is 17.9 Å². The zero-order valence-corrected chi connectivity index (χ0v) is 19.6. The van der Waals surface area contributed by atoms with Gasteiger partial charge in [-0.15, -0.1) is 10.2 Å². The van der Waals surface area contributed by atoms with Crippen molar-refractivity contribution < 1.29 is 9.53 Å². The molecule has 10 heteroatoms. The van der Waals surface area contributed by atoms with Crippen LogP contribution in [0, 0.1) is 6.92 Å². The molecule has 176 valence electrons. The zero-order chi connectivity index (χ0) is 24.4. The smallest absolute Gasteiger partial charge is 0.209 e. The second kappa shape index (κ2) is 9.34. The summed E-state index contributed by atoms with van der Waals surface area (Å²) in [6, 6.07) is 13.7. The summed E-state index contributed by atoms with van der Waals surface area (Å²) >= 11 is 0. The molecular weight excluding hydrogens is 444 g/mol. The minimum absolute atomic E-state index is 0.397. The van der Waals surface area contributed by atoms with Crippen LogP contribution in [0.15, 0.2) is 54.9 Å². The van der Waals surface area contributed by atoms with Crippen molar-refractivity contribution in [3.8, 4) is 17.0 Å². The second-order valence-corrected chi connectivity index (χ2v) is 8.22. The number of aryl methyl sites for hydroxylation is 1. The Morgan fingerprint density at radius 2 is 2.00 bits per heavy atom. The Hall–Kier alpha value is -4.60. The van der Waals surface area contributed by atoms with E-state index in [1.165, 1.54) is 0 Å². The number of carbonyl (C=O) groups excluding carboxylic acids is 1. The molecule has 5 rings (SSSR count). The lowest BCUT2D eigenvalue weighted by Gasteiger charge is -2.14. The summed E-state index contributed by atoms with van der Waals surface area (Å²) in [7, 11) is 3.36. The average Bonchev–Trinajstić information content (AvgIpc) is 3.30. The minimum atomic E-state index is 0.397. The number of carbonyl (C=O) groups is 1. The van der Waals surface area contributed by atoms with Gasteiger partial charge in [0.05, 0.1) is 36.7 Å². The fraction of sp³-hybridized carbons (Fsp3) is 0.200. The summed E-state index contributed by atoms with van der Waals surface area (Å²) in [6.07, 6.45) is 4.21. The highest BCUT2D eigenvalue weighted by Crippen LogP contribution is 2.24. The number of nitrogens with zero attached hydrogens (tertiary/aromatic N) is 7. The van der Waals surface area contributed by atoms with Gasteiger partial charge in [0.2, 0.25) is 6.41 Å². The van der Waals surface area contributed by atoms with Gasteiger partial charge >= 0.3 is 0 Å². The highest BCUT2D eigenvalue weighted by atomic mass is 16.5. The summed E-state index contributed by atoms with van der Waals surface area (Å²) in [5.74, 6) is 1.31. The van der Waals surface area contributed by atoms with Crippen molar-refractivity contribution in [1.82, 2.24) is 34.7 Å². The predicted octanol–water partition coefficient (Wildman–Crippen LogP) is 3.25. The number of fused-ring (bicyclic) bond motifs is 2. The van der Waals surface area contributed by atoms with Crippen molar-refractivity contribution in [2.24, 2.45) is 0 Å². The Morgan fingerprint density at radius 3 is 2.83 bits per heavy atom. The van der Waals surface area contributed by atoms with Gasteiger partial charge in [0.1, 0.15) is 11.3 Å². The molecule has 0 aliphatic rings. The van der Waals surface area contributed by atoms with Gasteiger partial charge in [-0.05, 0) is 42.3 Å². The van der Waals surface area contributed by atoms with E-state index in [-0.39, 0.29) is 0 Å². The lowest BCUT2D eigenvalue weighted by Crippen LogP contribution is -2.15. The SMILES string of the molecule is COc1cnc2c(NCc3nnc4ccc(-c5ccc(C)c(CN(C)C=O)c5)nn34)ccnc2c1. The topological polar surface area (TPSA) is 110 Å². The van der Waals surface area contributed by atoms with Gasteiger partial charge < -0.3 is 15.0 Å². The first-order valence-electron chi connectivity index (χ1n) is 11.0. The molecular formula is C25H24N8O2. The average molecular weight is 469 g/mol. The van der Waals surface area contributed by atoms with E-state index in [1.54, 1.807) is 36.0 Å². The Labute approximate surface area is 201 Å². The normalized spacial score (nSPS) is 11.1. The fourth-order valence-corrected chi connectivity index (χ4v) is 3.84. The summed E-state index contributed by atoms with van der Waals surface area (Å²) in [5, 5.41) is 16.7. The molecule has 1 N–H and O–H groups in total. The molecule has 35 heavy (non-hydrogen) atoms. The molecule has 10 nitrogen and oxygen atoms in total. The van der Waals surface area contributed by atoms with Crippen molar-refractivity contribution in [2.45, 2.75) is 20.0 Å². The van der Waals surface area contributed by atoms with Crippen LogP contribution >= 0.6 is 0 Å². The lowest BCUT2D eigenvalue weighted by atomic mass is 10.0. The molecule has 0 atom stereocenters. The number of hydrogen-bond donors (Lipinski definition) is 1. The number of anilines is 1. The van der Waals surface area contributed by atoms with E-state index in [9.17, 15) is 4.79 Å². The monoisotopic (exact) mass is 468 g/mol. The van der Waals surface area contributed by atoms with Crippen molar-refractivity contribution >= 4 is 28.8 Å². The number of nitrogens with one attached hydrogen (secondary N) is 1. The van der Waals surface area contributed by atoms with E-state index in [4.69, 9.17) is 9.84 Å². The third-order valence-corrected chi connectivity index (χ3v) is 5.80. The third-order valence-electron chi connectivity index (χ3n) is 5.80. The van der Waals surface area contributed by atoms with Crippen LogP contribution in [-0.4, -0.2) is 55.2 Å².